The summed E-state index contributed by atoms with van der Waals surface area (Å²) in [5.41, 5.74) is 1.34. The van der Waals surface area contributed by atoms with Crippen molar-refractivity contribution in [3.8, 4) is 0 Å². The lowest BCUT2D eigenvalue weighted by molar-refractivity contribution is -0.121. The van der Waals surface area contributed by atoms with E-state index >= 15 is 0 Å². The van der Waals surface area contributed by atoms with Crippen molar-refractivity contribution >= 4 is 18.5 Å². The number of hydrogen-bond acceptors (Lipinski definition) is 3. The molecular weight excluding hydrogens is 313 g/mol. The summed E-state index contributed by atoms with van der Waals surface area (Å²) in [6, 6.07) is 8.38. The summed E-state index contributed by atoms with van der Waals surface area (Å²) in [7, 11) is -0.352. The fourth-order valence-electron chi connectivity index (χ4n) is 3.48. The van der Waals surface area contributed by atoms with Crippen molar-refractivity contribution < 1.29 is 14.1 Å². The Labute approximate surface area is 151 Å². The Balaban J connectivity index is 1.56. The van der Waals surface area contributed by atoms with E-state index in [1.807, 2.05) is 24.3 Å². The summed E-state index contributed by atoms with van der Waals surface area (Å²) < 4.78 is 12.1. The van der Waals surface area contributed by atoms with Gasteiger partial charge >= 0.3 is 7.12 Å². The molecule has 2 aliphatic rings. The minimum absolute atomic E-state index is 0.121. The molecule has 1 aromatic carbocycles. The minimum Gasteiger partial charge on any atom is -0.399 e. The molecule has 0 bridgehead atoms. The second-order valence-electron chi connectivity index (χ2n) is 8.41. The number of nitrogens with one attached hydrogen (secondary N) is 1. The molecule has 2 fully saturated rings. The average Bonchev–Trinajstić information content (AvgIpc) is 2.77. The normalized spacial score (nSPS) is 22.8. The first-order chi connectivity index (χ1) is 11.8. The monoisotopic (exact) mass is 343 g/mol. The predicted molar refractivity (Wildman–Crippen MR) is 101 cm³/mol. The maximum atomic E-state index is 12.2. The lowest BCUT2D eigenvalue weighted by Gasteiger charge is -2.32. The molecule has 0 aromatic heterocycles. The van der Waals surface area contributed by atoms with Crippen LogP contribution in [0.3, 0.4) is 0 Å². The van der Waals surface area contributed by atoms with E-state index in [4.69, 9.17) is 9.31 Å². The quantitative estimate of drug-likeness (QED) is 0.855. The second-order valence-corrected chi connectivity index (χ2v) is 8.41. The van der Waals surface area contributed by atoms with Crippen LogP contribution in [0.15, 0.2) is 24.3 Å². The highest BCUT2D eigenvalue weighted by Gasteiger charge is 2.51. The molecule has 4 nitrogen and oxygen atoms in total. The summed E-state index contributed by atoms with van der Waals surface area (Å²) in [5.74, 6) is 0.121. The summed E-state index contributed by atoms with van der Waals surface area (Å²) in [4.78, 5) is 12.2. The lowest BCUT2D eigenvalue weighted by atomic mass is 9.79. The highest BCUT2D eigenvalue weighted by molar-refractivity contribution is 6.62. The first-order valence-corrected chi connectivity index (χ1v) is 9.51. The van der Waals surface area contributed by atoms with Gasteiger partial charge in [-0.2, -0.15) is 0 Å². The van der Waals surface area contributed by atoms with E-state index in [-0.39, 0.29) is 24.2 Å². The van der Waals surface area contributed by atoms with Gasteiger partial charge in [0.15, 0.2) is 0 Å². The SMILES string of the molecule is CC1(C)OB(c2ccc(CC(=O)NC3CCCCC3)cc2)OC1(C)C. The summed E-state index contributed by atoms with van der Waals surface area (Å²) in [6.07, 6.45) is 6.42. The van der Waals surface area contributed by atoms with Crippen molar-refractivity contribution in [1.29, 1.82) is 0 Å². The predicted octanol–water partition coefficient (Wildman–Crippen LogP) is 2.98. The summed E-state index contributed by atoms with van der Waals surface area (Å²) >= 11 is 0. The van der Waals surface area contributed by atoms with Crippen LogP contribution < -0.4 is 10.8 Å². The van der Waals surface area contributed by atoms with Crippen molar-refractivity contribution in [1.82, 2.24) is 5.32 Å². The molecule has 1 saturated carbocycles. The van der Waals surface area contributed by atoms with Crippen molar-refractivity contribution in [3.63, 3.8) is 0 Å². The van der Waals surface area contributed by atoms with E-state index in [2.05, 4.69) is 33.0 Å². The highest BCUT2D eigenvalue weighted by Crippen LogP contribution is 2.36. The second kappa shape index (κ2) is 7.12. The number of rotatable bonds is 4. The highest BCUT2D eigenvalue weighted by atomic mass is 16.7. The zero-order chi connectivity index (χ0) is 18.1. The minimum atomic E-state index is -0.352. The van der Waals surface area contributed by atoms with Gasteiger partial charge in [0.25, 0.3) is 0 Å². The molecule has 3 rings (SSSR count). The Morgan fingerprint density at radius 2 is 1.60 bits per heavy atom. The van der Waals surface area contributed by atoms with Gasteiger partial charge in [-0.1, -0.05) is 43.5 Å². The van der Waals surface area contributed by atoms with Crippen molar-refractivity contribution in [2.75, 3.05) is 0 Å². The summed E-state index contributed by atoms with van der Waals surface area (Å²) in [6.45, 7) is 8.21. The molecule has 5 heteroatoms. The first kappa shape index (κ1) is 18.5. The summed E-state index contributed by atoms with van der Waals surface area (Å²) in [5, 5.41) is 3.17. The molecule has 1 aromatic rings. The first-order valence-electron chi connectivity index (χ1n) is 9.51. The topological polar surface area (TPSA) is 47.6 Å². The molecule has 0 atom stereocenters. The molecule has 0 unspecified atom stereocenters. The third kappa shape index (κ3) is 4.26. The van der Waals surface area contributed by atoms with E-state index in [0.29, 0.717) is 12.5 Å². The number of benzene rings is 1. The van der Waals surface area contributed by atoms with Gasteiger partial charge in [0, 0.05) is 6.04 Å². The molecule has 1 aliphatic heterocycles. The molecule has 1 N–H and O–H groups in total. The Morgan fingerprint density at radius 3 is 2.16 bits per heavy atom. The van der Waals surface area contributed by atoms with Gasteiger partial charge < -0.3 is 14.6 Å². The molecule has 1 heterocycles. The Bertz CT molecular complexity index is 590. The number of carbonyl (C=O) groups is 1. The van der Waals surface area contributed by atoms with Gasteiger partial charge in [0.2, 0.25) is 5.91 Å². The van der Waals surface area contributed by atoms with E-state index < -0.39 is 0 Å². The molecule has 0 radical (unpaired) electrons. The lowest BCUT2D eigenvalue weighted by Crippen LogP contribution is -2.41. The van der Waals surface area contributed by atoms with Crippen LogP contribution in [-0.4, -0.2) is 30.3 Å². The molecule has 1 amide bonds. The van der Waals surface area contributed by atoms with Crippen LogP contribution >= 0.6 is 0 Å². The third-order valence-electron chi connectivity index (χ3n) is 5.84. The van der Waals surface area contributed by atoms with Gasteiger partial charge in [-0.15, -0.1) is 0 Å². The fraction of sp³-hybridized carbons (Fsp3) is 0.650. The number of amides is 1. The number of carbonyl (C=O) groups excluding carboxylic acids is 1. The van der Waals surface area contributed by atoms with Crippen LogP contribution in [0.5, 0.6) is 0 Å². The van der Waals surface area contributed by atoms with Crippen LogP contribution in [-0.2, 0) is 20.5 Å². The Hall–Kier alpha value is -1.33. The standard InChI is InChI=1S/C20H30BNO3/c1-19(2)20(3,4)25-21(24-19)16-12-10-15(11-13-16)14-18(23)22-17-8-6-5-7-9-17/h10-13,17H,5-9,14H2,1-4H3,(H,22,23). The maximum Gasteiger partial charge on any atom is 0.494 e. The smallest absolute Gasteiger partial charge is 0.399 e. The number of hydrogen-bond donors (Lipinski definition) is 1. The molecule has 1 aliphatic carbocycles. The fourth-order valence-corrected chi connectivity index (χ4v) is 3.48. The molecule has 136 valence electrons. The zero-order valence-corrected chi connectivity index (χ0v) is 15.9. The maximum absolute atomic E-state index is 12.2. The van der Waals surface area contributed by atoms with Gasteiger partial charge in [-0.25, -0.2) is 0 Å². The van der Waals surface area contributed by atoms with E-state index in [1.54, 1.807) is 0 Å². The van der Waals surface area contributed by atoms with Crippen LogP contribution in [0.1, 0.15) is 65.4 Å². The van der Waals surface area contributed by atoms with Crippen molar-refractivity contribution in [2.24, 2.45) is 0 Å². The van der Waals surface area contributed by atoms with Gasteiger partial charge in [0.1, 0.15) is 0 Å². The Morgan fingerprint density at radius 1 is 1.04 bits per heavy atom. The van der Waals surface area contributed by atoms with Gasteiger partial charge in [-0.3, -0.25) is 4.79 Å². The van der Waals surface area contributed by atoms with Crippen LogP contribution in [0.25, 0.3) is 0 Å². The van der Waals surface area contributed by atoms with Gasteiger partial charge in [0.05, 0.1) is 17.6 Å². The average molecular weight is 343 g/mol. The van der Waals surface area contributed by atoms with Crippen LogP contribution in [0.4, 0.5) is 0 Å². The third-order valence-corrected chi connectivity index (χ3v) is 5.84. The zero-order valence-electron chi connectivity index (χ0n) is 15.9. The van der Waals surface area contributed by atoms with Crippen molar-refractivity contribution in [2.45, 2.75) is 83.5 Å². The van der Waals surface area contributed by atoms with Crippen molar-refractivity contribution in [3.05, 3.63) is 29.8 Å². The van der Waals surface area contributed by atoms with Crippen LogP contribution in [0, 0.1) is 0 Å². The molecular formula is C20H30BNO3. The van der Waals surface area contributed by atoms with Gasteiger partial charge in [-0.05, 0) is 51.6 Å². The Kier molecular flexibility index (Phi) is 5.26. The molecule has 0 spiro atoms. The van der Waals surface area contributed by atoms with Crippen LogP contribution in [0.2, 0.25) is 0 Å². The molecule has 25 heavy (non-hydrogen) atoms. The van der Waals surface area contributed by atoms with E-state index in [1.165, 1.54) is 19.3 Å². The van der Waals surface area contributed by atoms with E-state index in [0.717, 1.165) is 23.9 Å². The largest absolute Gasteiger partial charge is 0.494 e. The van der Waals surface area contributed by atoms with E-state index in [9.17, 15) is 4.79 Å². The molecule has 1 saturated heterocycles.